The van der Waals surface area contributed by atoms with Crippen LogP contribution < -0.4 is 29.6 Å². The van der Waals surface area contributed by atoms with Gasteiger partial charge in [0.05, 0.1) is 17.0 Å². The molecule has 31 heavy (non-hydrogen) atoms. The van der Waals surface area contributed by atoms with Crippen LogP contribution in [-0.2, 0) is 13.5 Å². The molecule has 6 heteroatoms. The third-order valence-electron chi connectivity index (χ3n) is 5.70. The van der Waals surface area contributed by atoms with E-state index >= 15 is 0 Å². The van der Waals surface area contributed by atoms with Crippen molar-refractivity contribution in [3.63, 3.8) is 0 Å². The van der Waals surface area contributed by atoms with E-state index < -0.39 is 5.97 Å². The Kier molecular flexibility index (Phi) is 5.75. The van der Waals surface area contributed by atoms with Crippen molar-refractivity contribution in [3.8, 4) is 11.3 Å². The van der Waals surface area contributed by atoms with Crippen molar-refractivity contribution in [1.82, 2.24) is 14.0 Å². The maximum atomic E-state index is 11.9. The van der Waals surface area contributed by atoms with Crippen LogP contribution >= 0.6 is 0 Å². The number of fused-ring (bicyclic) bond motifs is 2. The molecule has 0 bridgehead atoms. The standard InChI is InChI=1S/C25H21N3O2.Na.H/c1-16-8-7-11-20-23(16)17(15-27(20)2)14-21-24(26-22-12-5-6-13-28(21)22)18-9-3-4-10-19(18)25(29)30;;/h3-13,15H,14H2,1-2H3,(H,29,30);;/q;+1;-1. The number of aromatic nitrogens is 3. The number of benzene rings is 2. The molecule has 2 aromatic carbocycles. The summed E-state index contributed by atoms with van der Waals surface area (Å²) in [5.41, 5.74) is 7.01. The van der Waals surface area contributed by atoms with E-state index in [9.17, 15) is 9.90 Å². The van der Waals surface area contributed by atoms with Crippen LogP contribution in [0.2, 0.25) is 0 Å². The molecule has 5 aromatic rings. The second-order valence-electron chi connectivity index (χ2n) is 7.60. The average Bonchev–Trinajstić information content (AvgIpc) is 3.27. The van der Waals surface area contributed by atoms with E-state index in [2.05, 4.69) is 47.3 Å². The zero-order valence-electron chi connectivity index (χ0n) is 18.8. The van der Waals surface area contributed by atoms with Gasteiger partial charge >= 0.3 is 35.5 Å². The van der Waals surface area contributed by atoms with E-state index in [1.165, 1.54) is 22.0 Å². The van der Waals surface area contributed by atoms with Crippen molar-refractivity contribution >= 4 is 22.5 Å². The molecule has 5 nitrogen and oxygen atoms in total. The first-order valence-corrected chi connectivity index (χ1v) is 9.87. The molecule has 0 aliphatic rings. The van der Waals surface area contributed by atoms with Crippen molar-refractivity contribution in [1.29, 1.82) is 0 Å². The first kappa shape index (κ1) is 21.4. The Bertz CT molecular complexity index is 1440. The molecule has 3 aromatic heterocycles. The number of carboxylic acid groups (broad SMARTS) is 1. The molecule has 0 amide bonds. The number of aromatic carboxylic acids is 1. The summed E-state index contributed by atoms with van der Waals surface area (Å²) >= 11 is 0. The molecule has 5 rings (SSSR count). The van der Waals surface area contributed by atoms with Gasteiger partial charge < -0.3 is 15.5 Å². The number of hydrogen-bond acceptors (Lipinski definition) is 2. The predicted molar refractivity (Wildman–Crippen MR) is 119 cm³/mol. The summed E-state index contributed by atoms with van der Waals surface area (Å²) in [6.07, 6.45) is 4.80. The Hall–Kier alpha value is -2.86. The number of rotatable bonds is 4. The molecule has 0 radical (unpaired) electrons. The molecule has 3 heterocycles. The predicted octanol–water partition coefficient (Wildman–Crippen LogP) is 2.21. The summed E-state index contributed by atoms with van der Waals surface area (Å²) in [5.74, 6) is -0.949. The van der Waals surface area contributed by atoms with Crippen LogP contribution in [0, 0.1) is 6.92 Å². The minimum absolute atomic E-state index is 0. The van der Waals surface area contributed by atoms with E-state index in [1.807, 2.05) is 36.5 Å². The maximum absolute atomic E-state index is 11.9. The number of hydrogen-bond donors (Lipinski definition) is 1. The van der Waals surface area contributed by atoms with Crippen molar-refractivity contribution < 1.29 is 40.9 Å². The van der Waals surface area contributed by atoms with Crippen LogP contribution in [-0.4, -0.2) is 25.0 Å². The van der Waals surface area contributed by atoms with Gasteiger partial charge in [-0.05, 0) is 42.3 Å². The van der Waals surface area contributed by atoms with Crippen molar-refractivity contribution in [2.75, 3.05) is 0 Å². The molecule has 0 atom stereocenters. The van der Waals surface area contributed by atoms with Gasteiger partial charge in [0, 0.05) is 42.3 Å². The van der Waals surface area contributed by atoms with Gasteiger partial charge in [0.25, 0.3) is 0 Å². The zero-order valence-corrected chi connectivity index (χ0v) is 19.8. The van der Waals surface area contributed by atoms with E-state index in [4.69, 9.17) is 4.98 Å². The molecule has 150 valence electrons. The van der Waals surface area contributed by atoms with Gasteiger partial charge in [-0.25, -0.2) is 9.78 Å². The normalized spacial score (nSPS) is 11.0. The second-order valence-corrected chi connectivity index (χ2v) is 7.60. The van der Waals surface area contributed by atoms with Crippen LogP contribution in [0.15, 0.2) is 73.1 Å². The Morgan fingerprint density at radius 2 is 1.84 bits per heavy atom. The van der Waals surface area contributed by atoms with E-state index in [1.54, 1.807) is 12.1 Å². The molecule has 0 spiro atoms. The zero-order chi connectivity index (χ0) is 20.8. The minimum Gasteiger partial charge on any atom is -1.00 e. The van der Waals surface area contributed by atoms with Crippen LogP contribution in [0.4, 0.5) is 0 Å². The topological polar surface area (TPSA) is 59.5 Å². The number of carbonyl (C=O) groups is 1. The minimum atomic E-state index is -0.949. The van der Waals surface area contributed by atoms with E-state index in [0.29, 0.717) is 17.7 Å². The van der Waals surface area contributed by atoms with Gasteiger partial charge in [-0.2, -0.15) is 0 Å². The molecular formula is C25H22N3NaO2. The molecule has 0 saturated carbocycles. The third-order valence-corrected chi connectivity index (χ3v) is 5.70. The summed E-state index contributed by atoms with van der Waals surface area (Å²) in [4.78, 5) is 16.7. The van der Waals surface area contributed by atoms with E-state index in [-0.39, 0.29) is 36.5 Å². The summed E-state index contributed by atoms with van der Waals surface area (Å²) in [6, 6.07) is 19.3. The van der Waals surface area contributed by atoms with Crippen LogP contribution in [0.1, 0.15) is 28.6 Å². The summed E-state index contributed by atoms with van der Waals surface area (Å²) in [6.45, 7) is 2.13. The smallest absolute Gasteiger partial charge is 1.00 e. The van der Waals surface area contributed by atoms with Gasteiger partial charge in [0.1, 0.15) is 5.65 Å². The molecule has 0 fully saturated rings. The van der Waals surface area contributed by atoms with Gasteiger partial charge in [0.2, 0.25) is 0 Å². The Balaban J connectivity index is 0.00000144. The summed E-state index contributed by atoms with van der Waals surface area (Å²) in [7, 11) is 2.06. The van der Waals surface area contributed by atoms with Gasteiger partial charge in [-0.1, -0.05) is 36.4 Å². The van der Waals surface area contributed by atoms with Gasteiger partial charge in [-0.15, -0.1) is 0 Å². The quantitative estimate of drug-likeness (QED) is 0.455. The first-order chi connectivity index (χ1) is 14.5. The molecule has 0 unspecified atom stereocenters. The molecular weight excluding hydrogens is 397 g/mol. The maximum Gasteiger partial charge on any atom is 1.00 e. The second kappa shape index (κ2) is 8.35. The molecule has 0 aliphatic heterocycles. The van der Waals surface area contributed by atoms with Gasteiger partial charge in [-0.3, -0.25) is 0 Å². The number of imidazole rings is 1. The Morgan fingerprint density at radius 3 is 2.65 bits per heavy atom. The Labute approximate surface area is 203 Å². The number of aryl methyl sites for hydroxylation is 2. The van der Waals surface area contributed by atoms with Crippen LogP contribution in [0.5, 0.6) is 0 Å². The fourth-order valence-corrected chi connectivity index (χ4v) is 4.35. The van der Waals surface area contributed by atoms with Crippen LogP contribution in [0.25, 0.3) is 27.8 Å². The monoisotopic (exact) mass is 419 g/mol. The van der Waals surface area contributed by atoms with Crippen molar-refractivity contribution in [3.05, 3.63) is 95.4 Å². The SMILES string of the molecule is Cc1cccc2c1c(Cc1c(-c3ccccc3C(=O)O)nc3ccccn13)cn2C.[H-].[Na+]. The molecule has 0 aliphatic carbocycles. The van der Waals surface area contributed by atoms with Crippen molar-refractivity contribution in [2.45, 2.75) is 13.3 Å². The third kappa shape index (κ3) is 3.59. The number of carboxylic acids is 1. The first-order valence-electron chi connectivity index (χ1n) is 9.87. The summed E-state index contributed by atoms with van der Waals surface area (Å²) in [5, 5.41) is 11.0. The fraction of sp³-hybridized carbons (Fsp3) is 0.120. The Morgan fingerprint density at radius 1 is 1.06 bits per heavy atom. The average molecular weight is 419 g/mol. The fourth-order valence-electron chi connectivity index (χ4n) is 4.35. The van der Waals surface area contributed by atoms with Crippen molar-refractivity contribution in [2.24, 2.45) is 7.05 Å². The summed E-state index contributed by atoms with van der Waals surface area (Å²) < 4.78 is 4.21. The van der Waals surface area contributed by atoms with Crippen LogP contribution in [0.3, 0.4) is 0 Å². The molecule has 1 N–H and O–H groups in total. The largest absolute Gasteiger partial charge is 1.00 e. The van der Waals surface area contributed by atoms with E-state index in [0.717, 1.165) is 11.3 Å². The number of nitrogens with zero attached hydrogens (tertiary/aromatic N) is 3. The molecule has 0 saturated heterocycles. The van der Waals surface area contributed by atoms with Gasteiger partial charge in [0.15, 0.2) is 0 Å². The number of pyridine rings is 1.